The van der Waals surface area contributed by atoms with Gasteiger partial charge < -0.3 is 9.26 Å². The number of rotatable bonds is 2. The zero-order valence-electron chi connectivity index (χ0n) is 10.7. The molecule has 0 unspecified atom stereocenters. The summed E-state index contributed by atoms with van der Waals surface area (Å²) >= 11 is 0. The standard InChI is InChI=1S/C14H12N4O2/c1-2-12(19-7-1)13-17-14(20-18-13)9-3-6-16-11-4-5-15-8-10(9)11/h3-6,8,12H,1-2,7H2/t12-/m1/s1. The molecule has 0 aliphatic carbocycles. The molecule has 1 atom stereocenters. The highest BCUT2D eigenvalue weighted by Gasteiger charge is 2.24. The molecule has 6 heteroatoms. The number of fused-ring (bicyclic) bond motifs is 1. The lowest BCUT2D eigenvalue weighted by atomic mass is 10.1. The molecule has 0 saturated carbocycles. The van der Waals surface area contributed by atoms with Gasteiger partial charge in [-0.1, -0.05) is 5.16 Å². The lowest BCUT2D eigenvalue weighted by Gasteiger charge is -2.01. The molecule has 0 amide bonds. The van der Waals surface area contributed by atoms with Gasteiger partial charge >= 0.3 is 0 Å². The van der Waals surface area contributed by atoms with Crippen LogP contribution in [0, 0.1) is 0 Å². The molecule has 0 aromatic carbocycles. The highest BCUT2D eigenvalue weighted by Crippen LogP contribution is 2.30. The summed E-state index contributed by atoms with van der Waals surface area (Å²) in [5, 5.41) is 4.93. The van der Waals surface area contributed by atoms with Gasteiger partial charge in [0.05, 0.1) is 11.1 Å². The first-order chi connectivity index (χ1) is 9.92. The second-order valence-corrected chi connectivity index (χ2v) is 4.71. The Morgan fingerprint density at radius 3 is 3.10 bits per heavy atom. The van der Waals surface area contributed by atoms with Gasteiger partial charge in [0.2, 0.25) is 5.82 Å². The minimum absolute atomic E-state index is 0.0428. The Morgan fingerprint density at radius 2 is 2.20 bits per heavy atom. The summed E-state index contributed by atoms with van der Waals surface area (Å²) in [5.74, 6) is 1.10. The van der Waals surface area contributed by atoms with Crippen molar-refractivity contribution in [3.8, 4) is 11.5 Å². The predicted molar refractivity (Wildman–Crippen MR) is 70.8 cm³/mol. The van der Waals surface area contributed by atoms with E-state index in [1.807, 2.05) is 12.1 Å². The molecule has 6 nitrogen and oxygen atoms in total. The van der Waals surface area contributed by atoms with Gasteiger partial charge in [0, 0.05) is 30.6 Å². The predicted octanol–water partition coefficient (Wildman–Crippen LogP) is 2.53. The van der Waals surface area contributed by atoms with Crippen LogP contribution in [-0.2, 0) is 4.74 Å². The SMILES string of the molecule is c1cc2nccc(-c3nc([C@H]4CCCO4)no3)c2cn1. The van der Waals surface area contributed by atoms with E-state index in [-0.39, 0.29) is 6.10 Å². The van der Waals surface area contributed by atoms with Crippen molar-refractivity contribution in [1.82, 2.24) is 20.1 Å². The van der Waals surface area contributed by atoms with Crippen LogP contribution in [0.5, 0.6) is 0 Å². The minimum atomic E-state index is -0.0428. The number of hydrogen-bond donors (Lipinski definition) is 0. The Kier molecular flexibility index (Phi) is 2.67. The van der Waals surface area contributed by atoms with Crippen LogP contribution in [0.15, 0.2) is 35.2 Å². The van der Waals surface area contributed by atoms with Crippen molar-refractivity contribution >= 4 is 10.9 Å². The molecule has 1 aliphatic heterocycles. The Hall–Kier alpha value is -2.34. The fourth-order valence-electron chi connectivity index (χ4n) is 2.43. The van der Waals surface area contributed by atoms with Crippen LogP contribution in [0.25, 0.3) is 22.4 Å². The van der Waals surface area contributed by atoms with Crippen molar-refractivity contribution in [3.63, 3.8) is 0 Å². The van der Waals surface area contributed by atoms with Crippen molar-refractivity contribution in [3.05, 3.63) is 36.5 Å². The highest BCUT2D eigenvalue weighted by molar-refractivity contribution is 5.91. The molecule has 20 heavy (non-hydrogen) atoms. The van der Waals surface area contributed by atoms with Gasteiger partial charge in [-0.2, -0.15) is 4.98 Å². The largest absolute Gasteiger partial charge is 0.370 e. The fraction of sp³-hybridized carbons (Fsp3) is 0.286. The van der Waals surface area contributed by atoms with Gasteiger partial charge in [0.25, 0.3) is 5.89 Å². The number of hydrogen-bond acceptors (Lipinski definition) is 6. The Balaban J connectivity index is 1.79. The summed E-state index contributed by atoms with van der Waals surface area (Å²) in [6, 6.07) is 3.72. The van der Waals surface area contributed by atoms with Crippen molar-refractivity contribution in [2.75, 3.05) is 6.61 Å². The van der Waals surface area contributed by atoms with Crippen LogP contribution >= 0.6 is 0 Å². The smallest absolute Gasteiger partial charge is 0.258 e. The minimum Gasteiger partial charge on any atom is -0.370 e. The van der Waals surface area contributed by atoms with Gasteiger partial charge in [-0.3, -0.25) is 9.97 Å². The molecule has 3 aromatic heterocycles. The summed E-state index contributed by atoms with van der Waals surface area (Å²) in [6.07, 6.45) is 7.14. The third-order valence-corrected chi connectivity index (χ3v) is 3.43. The van der Waals surface area contributed by atoms with Crippen LogP contribution in [0.3, 0.4) is 0 Å². The van der Waals surface area contributed by atoms with Crippen molar-refractivity contribution in [2.45, 2.75) is 18.9 Å². The van der Waals surface area contributed by atoms with E-state index in [9.17, 15) is 0 Å². The number of nitrogens with zero attached hydrogens (tertiary/aromatic N) is 4. The van der Waals surface area contributed by atoms with Crippen LogP contribution < -0.4 is 0 Å². The van der Waals surface area contributed by atoms with E-state index >= 15 is 0 Å². The molecule has 1 aliphatic rings. The van der Waals surface area contributed by atoms with Crippen LogP contribution in [0.1, 0.15) is 24.8 Å². The monoisotopic (exact) mass is 268 g/mol. The van der Waals surface area contributed by atoms with Gasteiger partial charge in [-0.05, 0) is 25.0 Å². The molecule has 1 saturated heterocycles. The van der Waals surface area contributed by atoms with E-state index < -0.39 is 0 Å². The lowest BCUT2D eigenvalue weighted by molar-refractivity contribution is 0.103. The third kappa shape index (κ3) is 1.85. The molecule has 4 rings (SSSR count). The fourth-order valence-corrected chi connectivity index (χ4v) is 2.43. The molecule has 1 fully saturated rings. The Morgan fingerprint density at radius 1 is 1.20 bits per heavy atom. The van der Waals surface area contributed by atoms with Gasteiger partial charge in [-0.25, -0.2) is 0 Å². The Bertz CT molecular complexity index is 744. The van der Waals surface area contributed by atoms with E-state index in [1.54, 1.807) is 18.6 Å². The van der Waals surface area contributed by atoms with Gasteiger partial charge in [-0.15, -0.1) is 0 Å². The van der Waals surface area contributed by atoms with Gasteiger partial charge in [0.1, 0.15) is 6.10 Å². The number of ether oxygens (including phenoxy) is 1. The normalized spacial score (nSPS) is 18.7. The first kappa shape index (κ1) is 11.5. The van der Waals surface area contributed by atoms with Crippen LogP contribution in [0.2, 0.25) is 0 Å². The summed E-state index contributed by atoms with van der Waals surface area (Å²) in [5.41, 5.74) is 1.70. The molecule has 4 heterocycles. The second-order valence-electron chi connectivity index (χ2n) is 4.71. The molecule has 3 aromatic rings. The third-order valence-electron chi connectivity index (χ3n) is 3.43. The highest BCUT2D eigenvalue weighted by atomic mass is 16.5. The molecule has 0 N–H and O–H groups in total. The molecule has 100 valence electrons. The first-order valence-electron chi connectivity index (χ1n) is 6.56. The van der Waals surface area contributed by atoms with E-state index in [2.05, 4.69) is 20.1 Å². The molecular weight excluding hydrogens is 256 g/mol. The average Bonchev–Trinajstić information content (AvgIpc) is 3.17. The maximum Gasteiger partial charge on any atom is 0.258 e. The second kappa shape index (κ2) is 4.64. The molecule has 0 radical (unpaired) electrons. The van der Waals surface area contributed by atoms with Crippen molar-refractivity contribution < 1.29 is 9.26 Å². The zero-order chi connectivity index (χ0) is 13.4. The maximum absolute atomic E-state index is 5.57. The van der Waals surface area contributed by atoms with Crippen LogP contribution in [0.4, 0.5) is 0 Å². The average molecular weight is 268 g/mol. The molecule has 0 spiro atoms. The van der Waals surface area contributed by atoms with Crippen molar-refractivity contribution in [1.29, 1.82) is 0 Å². The van der Waals surface area contributed by atoms with E-state index in [0.29, 0.717) is 11.7 Å². The van der Waals surface area contributed by atoms with E-state index in [1.165, 1.54) is 0 Å². The lowest BCUT2D eigenvalue weighted by Crippen LogP contribution is -1.97. The van der Waals surface area contributed by atoms with Crippen LogP contribution in [-0.4, -0.2) is 26.7 Å². The number of pyridine rings is 2. The topological polar surface area (TPSA) is 73.9 Å². The summed E-state index contributed by atoms with van der Waals surface area (Å²) < 4.78 is 10.9. The van der Waals surface area contributed by atoms with Crippen molar-refractivity contribution in [2.24, 2.45) is 0 Å². The quantitative estimate of drug-likeness (QED) is 0.711. The summed E-state index contributed by atoms with van der Waals surface area (Å²) in [6.45, 7) is 0.761. The molecule has 0 bridgehead atoms. The summed E-state index contributed by atoms with van der Waals surface area (Å²) in [7, 11) is 0. The first-order valence-corrected chi connectivity index (χ1v) is 6.56. The van der Waals surface area contributed by atoms with Gasteiger partial charge in [0.15, 0.2) is 0 Å². The van der Waals surface area contributed by atoms with E-state index in [4.69, 9.17) is 9.26 Å². The summed E-state index contributed by atoms with van der Waals surface area (Å²) in [4.78, 5) is 12.9. The zero-order valence-corrected chi connectivity index (χ0v) is 10.7. The van der Waals surface area contributed by atoms with E-state index in [0.717, 1.165) is 35.9 Å². The maximum atomic E-state index is 5.57. The number of aromatic nitrogens is 4. The molecular formula is C14H12N4O2. The Labute approximate surface area is 114 Å².